The zero-order valence-corrected chi connectivity index (χ0v) is 18.1. The summed E-state index contributed by atoms with van der Waals surface area (Å²) in [7, 11) is 0. The van der Waals surface area contributed by atoms with E-state index in [-0.39, 0.29) is 12.1 Å². The van der Waals surface area contributed by atoms with Crippen molar-refractivity contribution < 1.29 is 9.53 Å². The normalized spacial score (nSPS) is 19.6. The number of nitrogens with one attached hydrogen (secondary N) is 3. The lowest BCUT2D eigenvalue weighted by molar-refractivity contribution is 0.0492. The molecule has 146 valence electrons. The van der Waals surface area contributed by atoms with E-state index in [4.69, 9.17) is 10.1 Å². The van der Waals surface area contributed by atoms with Crippen molar-refractivity contribution in [2.75, 3.05) is 5.32 Å². The fourth-order valence-electron chi connectivity index (χ4n) is 2.86. The zero-order chi connectivity index (χ0) is 19.7. The average Bonchev–Trinajstić information content (AvgIpc) is 2.58. The number of benzene rings is 1. The van der Waals surface area contributed by atoms with Gasteiger partial charge in [-0.3, -0.25) is 0 Å². The molecule has 0 radical (unpaired) electrons. The third-order valence-electron chi connectivity index (χ3n) is 3.98. The van der Waals surface area contributed by atoms with E-state index >= 15 is 0 Å². The first-order valence-corrected chi connectivity index (χ1v) is 10.1. The second-order valence-electron chi connectivity index (χ2n) is 7.22. The first-order valence-electron chi connectivity index (χ1n) is 9.33. The Morgan fingerprint density at radius 1 is 1.19 bits per heavy atom. The number of carbonyl (C=O) groups is 1. The van der Waals surface area contributed by atoms with Crippen molar-refractivity contribution in [1.29, 1.82) is 5.41 Å². The molecule has 0 aromatic heterocycles. The molecule has 0 heterocycles. The smallest absolute Gasteiger partial charge is 0.407 e. The molecule has 0 unspecified atom stereocenters. The molecule has 0 bridgehead atoms. The summed E-state index contributed by atoms with van der Waals surface area (Å²) < 4.78 is 6.28. The van der Waals surface area contributed by atoms with E-state index in [1.54, 1.807) is 0 Å². The van der Waals surface area contributed by atoms with E-state index < -0.39 is 5.60 Å². The molecule has 26 heavy (non-hydrogen) atoms. The molecule has 2 rings (SSSR count). The molecule has 1 aliphatic rings. The van der Waals surface area contributed by atoms with Gasteiger partial charge >= 0.3 is 6.09 Å². The van der Waals surface area contributed by atoms with Crippen molar-refractivity contribution in [3.63, 3.8) is 0 Å². The lowest BCUT2D eigenvalue weighted by Gasteiger charge is -2.31. The van der Waals surface area contributed by atoms with Gasteiger partial charge in [-0.2, -0.15) is 0 Å². The van der Waals surface area contributed by atoms with Gasteiger partial charge in [0.05, 0.1) is 0 Å². The standard InChI is InChI=1S/C18H26BrN3O2.C2H6/c1-18(2,3)24-17(23)22-15-7-5-14(6-8-15)21-16-9-4-13(19)10-12(16)11-20;1-2/h4,9-11,14-15,20-21H,5-8H2,1-3H3,(H,22,23);1-2H3. The maximum atomic E-state index is 11.8. The number of hydrogen-bond acceptors (Lipinski definition) is 4. The van der Waals surface area contributed by atoms with Crippen molar-refractivity contribution in [2.45, 2.75) is 78.0 Å². The van der Waals surface area contributed by atoms with Gasteiger partial charge in [-0.25, -0.2) is 4.79 Å². The molecular weight excluding hydrogens is 394 g/mol. The largest absolute Gasteiger partial charge is 0.444 e. The predicted octanol–water partition coefficient (Wildman–Crippen LogP) is 5.72. The number of anilines is 1. The van der Waals surface area contributed by atoms with E-state index in [9.17, 15) is 4.79 Å². The summed E-state index contributed by atoms with van der Waals surface area (Å²) in [5, 5.41) is 14.0. The topological polar surface area (TPSA) is 74.2 Å². The third-order valence-corrected chi connectivity index (χ3v) is 4.47. The molecule has 0 spiro atoms. The quantitative estimate of drug-likeness (QED) is 0.539. The molecule has 5 nitrogen and oxygen atoms in total. The molecular formula is C20H32BrN3O2. The minimum absolute atomic E-state index is 0.171. The monoisotopic (exact) mass is 425 g/mol. The summed E-state index contributed by atoms with van der Waals surface area (Å²) in [6, 6.07) is 6.44. The van der Waals surface area contributed by atoms with Crippen LogP contribution in [0.4, 0.5) is 10.5 Å². The second kappa shape index (κ2) is 10.6. The van der Waals surface area contributed by atoms with Crippen LogP contribution in [0.2, 0.25) is 0 Å². The summed E-state index contributed by atoms with van der Waals surface area (Å²) in [4.78, 5) is 11.8. The van der Waals surface area contributed by atoms with Crippen LogP contribution in [0.3, 0.4) is 0 Å². The summed E-state index contributed by atoms with van der Waals surface area (Å²) >= 11 is 3.43. The molecule has 1 saturated carbocycles. The second-order valence-corrected chi connectivity index (χ2v) is 8.13. The molecule has 6 heteroatoms. The summed E-state index contributed by atoms with van der Waals surface area (Å²) in [6.07, 6.45) is 4.84. The predicted molar refractivity (Wildman–Crippen MR) is 112 cm³/mol. The van der Waals surface area contributed by atoms with Crippen molar-refractivity contribution >= 4 is 33.9 Å². The Hall–Kier alpha value is -1.56. The Bertz CT molecular complexity index is 591. The highest BCUT2D eigenvalue weighted by Gasteiger charge is 2.25. The maximum Gasteiger partial charge on any atom is 0.407 e. The van der Waals surface area contributed by atoms with Crippen LogP contribution in [0.1, 0.15) is 65.9 Å². The molecule has 0 saturated heterocycles. The Kier molecular flexibility index (Phi) is 9.13. The first kappa shape index (κ1) is 22.5. The minimum Gasteiger partial charge on any atom is -0.444 e. The van der Waals surface area contributed by atoms with Gasteiger partial charge in [0.15, 0.2) is 0 Å². The minimum atomic E-state index is -0.465. The van der Waals surface area contributed by atoms with Gasteiger partial charge in [-0.15, -0.1) is 0 Å². The van der Waals surface area contributed by atoms with E-state index in [0.717, 1.165) is 41.4 Å². The SMILES string of the molecule is CC.CC(C)(C)OC(=O)NC1CCC(Nc2ccc(Br)cc2C=N)CC1. The summed E-state index contributed by atoms with van der Waals surface area (Å²) in [6.45, 7) is 9.60. The molecule has 1 aromatic carbocycles. The number of hydrogen-bond donors (Lipinski definition) is 3. The van der Waals surface area contributed by atoms with E-state index in [1.165, 1.54) is 6.21 Å². The first-order chi connectivity index (χ1) is 12.3. The van der Waals surface area contributed by atoms with E-state index in [2.05, 4.69) is 26.6 Å². The molecule has 0 aliphatic heterocycles. The lowest BCUT2D eigenvalue weighted by Crippen LogP contribution is -2.42. The Labute approximate surface area is 165 Å². The molecule has 1 amide bonds. The van der Waals surface area contributed by atoms with E-state index in [0.29, 0.717) is 6.04 Å². The van der Waals surface area contributed by atoms with Crippen molar-refractivity contribution in [1.82, 2.24) is 5.32 Å². The number of rotatable bonds is 4. The van der Waals surface area contributed by atoms with Crippen LogP contribution in [0.15, 0.2) is 22.7 Å². The van der Waals surface area contributed by atoms with Crippen molar-refractivity contribution in [3.8, 4) is 0 Å². The highest BCUT2D eigenvalue weighted by atomic mass is 79.9. The average molecular weight is 426 g/mol. The maximum absolute atomic E-state index is 11.8. The Balaban J connectivity index is 0.00000163. The van der Waals surface area contributed by atoms with Crippen LogP contribution < -0.4 is 10.6 Å². The van der Waals surface area contributed by atoms with E-state index in [1.807, 2.05) is 52.8 Å². The lowest BCUT2D eigenvalue weighted by atomic mass is 9.91. The molecule has 3 N–H and O–H groups in total. The van der Waals surface area contributed by atoms with Gasteiger partial charge in [0.2, 0.25) is 0 Å². The van der Waals surface area contributed by atoms with Crippen LogP contribution in [0.25, 0.3) is 0 Å². The summed E-state index contributed by atoms with van der Waals surface area (Å²) in [5.41, 5.74) is 1.39. The molecule has 1 aliphatic carbocycles. The van der Waals surface area contributed by atoms with Crippen LogP contribution in [-0.2, 0) is 4.74 Å². The molecule has 1 aromatic rings. The van der Waals surface area contributed by atoms with Gasteiger partial charge in [-0.1, -0.05) is 29.8 Å². The van der Waals surface area contributed by atoms with Crippen molar-refractivity contribution in [3.05, 3.63) is 28.2 Å². The van der Waals surface area contributed by atoms with Gasteiger partial charge < -0.3 is 20.8 Å². The number of halogens is 1. The van der Waals surface area contributed by atoms with Gasteiger partial charge in [-0.05, 0) is 64.7 Å². The highest BCUT2D eigenvalue weighted by molar-refractivity contribution is 9.10. The summed E-state index contributed by atoms with van der Waals surface area (Å²) in [5.74, 6) is 0. The molecule has 0 atom stereocenters. The fourth-order valence-corrected chi connectivity index (χ4v) is 3.24. The van der Waals surface area contributed by atoms with Gasteiger partial charge in [0.1, 0.15) is 5.60 Å². The highest BCUT2D eigenvalue weighted by Crippen LogP contribution is 2.25. The van der Waals surface area contributed by atoms with Gasteiger partial charge in [0.25, 0.3) is 0 Å². The number of alkyl carbamates (subject to hydrolysis) is 1. The molecule has 1 fully saturated rings. The number of amides is 1. The van der Waals surface area contributed by atoms with Gasteiger partial charge in [0, 0.05) is 34.0 Å². The fraction of sp³-hybridized carbons (Fsp3) is 0.600. The Morgan fingerprint density at radius 2 is 1.77 bits per heavy atom. The number of carbonyl (C=O) groups excluding carboxylic acids is 1. The third kappa shape index (κ3) is 7.77. The van der Waals surface area contributed by atoms with Crippen LogP contribution in [-0.4, -0.2) is 30.0 Å². The Morgan fingerprint density at radius 3 is 2.31 bits per heavy atom. The van der Waals surface area contributed by atoms with Crippen molar-refractivity contribution in [2.24, 2.45) is 0 Å². The van der Waals surface area contributed by atoms with Crippen LogP contribution >= 0.6 is 15.9 Å². The number of ether oxygens (including phenoxy) is 1. The zero-order valence-electron chi connectivity index (χ0n) is 16.5. The van der Waals surface area contributed by atoms with Crippen LogP contribution in [0.5, 0.6) is 0 Å². The van der Waals surface area contributed by atoms with Crippen LogP contribution in [0, 0.1) is 5.41 Å².